The molecule has 0 spiro atoms. The van der Waals surface area contributed by atoms with Gasteiger partial charge in [-0.15, -0.1) is 0 Å². The first-order valence-electron chi connectivity index (χ1n) is 21.8. The number of para-hydroxylation sites is 1. The van der Waals surface area contributed by atoms with Crippen LogP contribution >= 0.6 is 0 Å². The number of rotatable bonds is 6. The van der Waals surface area contributed by atoms with Crippen molar-refractivity contribution in [3.8, 4) is 72.4 Å². The third-order valence-electron chi connectivity index (χ3n) is 13.2. The van der Waals surface area contributed by atoms with Crippen LogP contribution in [-0.2, 0) is 0 Å². The van der Waals surface area contributed by atoms with Crippen molar-refractivity contribution < 1.29 is 4.42 Å². The van der Waals surface area contributed by atoms with E-state index in [9.17, 15) is 0 Å². The van der Waals surface area contributed by atoms with Crippen LogP contribution in [0.1, 0.15) is 0 Å². The lowest BCUT2D eigenvalue weighted by Gasteiger charge is -2.11. The van der Waals surface area contributed by atoms with Gasteiger partial charge in [0, 0.05) is 27.2 Å². The quantitative estimate of drug-likeness (QED) is 0.153. The molecule has 10 aromatic carbocycles. The first-order chi connectivity index (χ1) is 31.2. The van der Waals surface area contributed by atoms with Crippen LogP contribution in [0.5, 0.6) is 0 Å². The van der Waals surface area contributed by atoms with E-state index in [1.165, 1.54) is 110 Å². The Balaban J connectivity index is 0.896. The van der Waals surface area contributed by atoms with E-state index in [0.29, 0.717) is 0 Å². The van der Waals surface area contributed by atoms with Crippen molar-refractivity contribution in [2.45, 2.75) is 0 Å². The van der Waals surface area contributed by atoms with Crippen molar-refractivity contribution in [3.05, 3.63) is 224 Å². The van der Waals surface area contributed by atoms with Crippen LogP contribution in [0.15, 0.2) is 229 Å². The summed E-state index contributed by atoms with van der Waals surface area (Å²) in [4.78, 5) is 0. The van der Waals surface area contributed by atoms with Gasteiger partial charge in [0.25, 0.3) is 0 Å². The zero-order chi connectivity index (χ0) is 41.4. The Bertz CT molecular complexity index is 3590. The highest BCUT2D eigenvalue weighted by Crippen LogP contribution is 2.39. The summed E-state index contributed by atoms with van der Waals surface area (Å²) in [5.74, 6) is 0. The van der Waals surface area contributed by atoms with E-state index in [0.717, 1.165) is 16.6 Å². The van der Waals surface area contributed by atoms with E-state index >= 15 is 0 Å². The molecule has 3 heteroatoms. The molecular weight excluding hydrogens is 779 g/mol. The molecule has 2 nitrogen and oxygen atoms in total. The molecule has 0 amide bonds. The predicted molar refractivity (Wildman–Crippen MR) is 268 cm³/mol. The molecule has 1 aliphatic rings. The molecule has 294 valence electrons. The number of hydrogen-bond acceptors (Lipinski definition) is 1. The van der Waals surface area contributed by atoms with Crippen LogP contribution in [0.4, 0.5) is 0 Å². The van der Waals surface area contributed by atoms with Crippen molar-refractivity contribution >= 4 is 63.6 Å². The molecule has 0 saturated heterocycles. The van der Waals surface area contributed by atoms with E-state index in [1.807, 2.05) is 12.1 Å². The standard InChI is InChI=1S/C60H39NOSi/c1-3-9-38(10-4-1)40-15-19-42(20-16-40)44-24-30-55-52(33-44)53-34-45(43-21-17-41(18-22-43)39-11-5-2-6-12-39)25-31-56(53)61(55)48-27-29-51-50-28-23-47(36-59(50)63-60(51)37-48)46-26-32-58-54(35-46)49-13-7-8-14-57(49)62-58/h1-37H,63H2. The smallest absolute Gasteiger partial charge is 0.135 e. The Morgan fingerprint density at radius 1 is 0.286 bits per heavy atom. The van der Waals surface area contributed by atoms with Gasteiger partial charge in [-0.2, -0.15) is 0 Å². The van der Waals surface area contributed by atoms with Gasteiger partial charge >= 0.3 is 0 Å². The van der Waals surface area contributed by atoms with Crippen molar-refractivity contribution in [2.75, 3.05) is 0 Å². The maximum absolute atomic E-state index is 6.15. The third kappa shape index (κ3) is 6.00. The van der Waals surface area contributed by atoms with E-state index in [2.05, 4.69) is 217 Å². The monoisotopic (exact) mass is 817 g/mol. The lowest BCUT2D eigenvalue weighted by atomic mass is 9.97. The van der Waals surface area contributed by atoms with Gasteiger partial charge in [-0.3, -0.25) is 0 Å². The second-order valence-corrected chi connectivity index (χ2v) is 18.8. The van der Waals surface area contributed by atoms with E-state index in [4.69, 9.17) is 4.42 Å². The Kier molecular flexibility index (Phi) is 8.12. The van der Waals surface area contributed by atoms with Gasteiger partial charge in [-0.05, 0) is 121 Å². The predicted octanol–water partition coefficient (Wildman–Crippen LogP) is 14.1. The summed E-state index contributed by atoms with van der Waals surface area (Å²) in [6, 6.07) is 82.5. The minimum atomic E-state index is -0.724. The maximum atomic E-state index is 6.15. The number of benzene rings is 10. The lowest BCUT2D eigenvalue weighted by molar-refractivity contribution is 0.669. The summed E-state index contributed by atoms with van der Waals surface area (Å²) >= 11 is 0. The minimum absolute atomic E-state index is 0.724. The van der Waals surface area contributed by atoms with Gasteiger partial charge in [-0.1, -0.05) is 180 Å². The number of aromatic nitrogens is 1. The van der Waals surface area contributed by atoms with Gasteiger partial charge in [0.05, 0.1) is 20.6 Å². The second-order valence-electron chi connectivity index (χ2n) is 16.9. The van der Waals surface area contributed by atoms with Gasteiger partial charge in [0.1, 0.15) is 11.2 Å². The second kappa shape index (κ2) is 14.3. The van der Waals surface area contributed by atoms with Crippen molar-refractivity contribution in [2.24, 2.45) is 0 Å². The van der Waals surface area contributed by atoms with Crippen molar-refractivity contribution in [3.63, 3.8) is 0 Å². The molecule has 0 N–H and O–H groups in total. The zero-order valence-corrected chi connectivity index (χ0v) is 35.8. The summed E-state index contributed by atoms with van der Waals surface area (Å²) in [6.07, 6.45) is 0. The molecule has 13 rings (SSSR count). The lowest BCUT2D eigenvalue weighted by Crippen LogP contribution is -2.21. The van der Waals surface area contributed by atoms with Gasteiger partial charge in [-0.25, -0.2) is 0 Å². The van der Waals surface area contributed by atoms with Crippen LogP contribution in [0.3, 0.4) is 0 Å². The van der Waals surface area contributed by atoms with Crippen molar-refractivity contribution in [1.82, 2.24) is 4.57 Å². The molecule has 2 aromatic heterocycles. The Hall–Kier alpha value is -7.98. The SMILES string of the molecule is c1ccc(-c2ccc(-c3ccc4c(c3)c3cc(-c5ccc(-c6ccccc6)cc5)ccc3n4-c3ccc4c(c3)[SiH2]c3cc(-c5ccc6oc7ccccc7c6c5)ccc3-4)cc2)cc1. The van der Waals surface area contributed by atoms with Crippen LogP contribution in [0, 0.1) is 0 Å². The van der Waals surface area contributed by atoms with E-state index in [-0.39, 0.29) is 0 Å². The first-order valence-corrected chi connectivity index (χ1v) is 23.2. The average Bonchev–Trinajstić information content (AvgIpc) is 4.02. The number of nitrogens with zero attached hydrogens (tertiary/aromatic N) is 1. The summed E-state index contributed by atoms with van der Waals surface area (Å²) in [6.45, 7) is 0. The number of fused-ring (bicyclic) bond motifs is 9. The molecule has 0 aliphatic carbocycles. The molecule has 12 aromatic rings. The molecule has 0 fully saturated rings. The molecular formula is C60H39NOSi. The fourth-order valence-electron chi connectivity index (χ4n) is 10.1. The Morgan fingerprint density at radius 3 is 1.32 bits per heavy atom. The summed E-state index contributed by atoms with van der Waals surface area (Å²) in [5.41, 5.74) is 20.5. The third-order valence-corrected chi connectivity index (χ3v) is 15.2. The van der Waals surface area contributed by atoms with Crippen LogP contribution in [0.2, 0.25) is 0 Å². The highest BCUT2D eigenvalue weighted by Gasteiger charge is 2.22. The van der Waals surface area contributed by atoms with Crippen LogP contribution in [-0.4, -0.2) is 14.1 Å². The van der Waals surface area contributed by atoms with E-state index < -0.39 is 9.52 Å². The highest BCUT2D eigenvalue weighted by atomic mass is 28.2. The molecule has 0 saturated carbocycles. The molecule has 3 heterocycles. The summed E-state index contributed by atoms with van der Waals surface area (Å²) in [7, 11) is -0.724. The molecule has 0 atom stereocenters. The largest absolute Gasteiger partial charge is 0.456 e. The highest BCUT2D eigenvalue weighted by molar-refractivity contribution is 6.73. The van der Waals surface area contributed by atoms with Gasteiger partial charge in [0.15, 0.2) is 0 Å². The summed E-state index contributed by atoms with van der Waals surface area (Å²) in [5, 5.41) is 7.84. The molecule has 63 heavy (non-hydrogen) atoms. The molecule has 0 radical (unpaired) electrons. The molecule has 1 aliphatic heterocycles. The average molecular weight is 818 g/mol. The number of hydrogen-bond donors (Lipinski definition) is 0. The Morgan fingerprint density at radius 2 is 0.698 bits per heavy atom. The zero-order valence-electron chi connectivity index (χ0n) is 34.4. The fourth-order valence-corrected chi connectivity index (χ4v) is 12.1. The van der Waals surface area contributed by atoms with Crippen LogP contribution in [0.25, 0.3) is 116 Å². The maximum Gasteiger partial charge on any atom is 0.135 e. The minimum Gasteiger partial charge on any atom is -0.456 e. The van der Waals surface area contributed by atoms with E-state index in [1.54, 1.807) is 0 Å². The summed E-state index contributed by atoms with van der Waals surface area (Å²) < 4.78 is 8.64. The molecule has 0 unspecified atom stereocenters. The van der Waals surface area contributed by atoms with Crippen LogP contribution < -0.4 is 10.4 Å². The normalized spacial score (nSPS) is 12.4. The Labute approximate surface area is 367 Å². The van der Waals surface area contributed by atoms with Gasteiger partial charge < -0.3 is 8.98 Å². The number of furan rings is 1. The fraction of sp³-hybridized carbons (Fsp3) is 0. The first kappa shape index (κ1) is 35.7. The molecule has 0 bridgehead atoms. The topological polar surface area (TPSA) is 18.1 Å². The van der Waals surface area contributed by atoms with Gasteiger partial charge in [0.2, 0.25) is 0 Å². The van der Waals surface area contributed by atoms with Crippen molar-refractivity contribution in [1.29, 1.82) is 0 Å².